The van der Waals surface area contributed by atoms with Crippen molar-refractivity contribution < 1.29 is 9.47 Å². The molecule has 0 aliphatic carbocycles. The summed E-state index contributed by atoms with van der Waals surface area (Å²) in [5, 5.41) is 0.238. The standard InChI is InChI=1S/C15H10Br2Cl2O2/c16-8-1-2-9(12(18)5-8)15(19)10-6-13-14(7-11(10)17)21-4-3-20-13/h1-2,5-7,15H,3-4H2. The van der Waals surface area contributed by atoms with E-state index < -0.39 is 0 Å². The normalized spacial score (nSPS) is 14.9. The van der Waals surface area contributed by atoms with Gasteiger partial charge in [0.25, 0.3) is 0 Å². The summed E-state index contributed by atoms with van der Waals surface area (Å²) in [5.74, 6) is 1.43. The molecule has 0 spiro atoms. The van der Waals surface area contributed by atoms with Crippen molar-refractivity contribution in [2.75, 3.05) is 13.2 Å². The van der Waals surface area contributed by atoms with Crippen molar-refractivity contribution in [3.63, 3.8) is 0 Å². The molecule has 0 amide bonds. The summed E-state index contributed by atoms with van der Waals surface area (Å²) < 4.78 is 12.9. The highest BCUT2D eigenvalue weighted by molar-refractivity contribution is 9.10. The van der Waals surface area contributed by atoms with Gasteiger partial charge >= 0.3 is 0 Å². The quantitative estimate of drug-likeness (QED) is 0.523. The van der Waals surface area contributed by atoms with Gasteiger partial charge in [-0.2, -0.15) is 0 Å². The predicted octanol–water partition coefficient (Wildman–Crippen LogP) is 5.96. The molecular weight excluding hydrogens is 443 g/mol. The number of rotatable bonds is 2. The maximum absolute atomic E-state index is 6.61. The molecule has 0 N–H and O–H groups in total. The third-order valence-corrected chi connectivity index (χ3v) is 5.15. The molecule has 110 valence electrons. The zero-order valence-corrected chi connectivity index (χ0v) is 15.4. The fourth-order valence-corrected chi connectivity index (χ4v) is 4.04. The van der Waals surface area contributed by atoms with Gasteiger partial charge in [-0.15, -0.1) is 11.6 Å². The molecule has 2 aromatic carbocycles. The average Bonchev–Trinajstić information content (AvgIpc) is 2.46. The molecule has 2 aromatic rings. The first-order valence-corrected chi connectivity index (χ1v) is 8.64. The minimum Gasteiger partial charge on any atom is -0.486 e. The second-order valence-corrected chi connectivity index (χ2v) is 7.16. The lowest BCUT2D eigenvalue weighted by molar-refractivity contribution is 0.171. The number of hydrogen-bond acceptors (Lipinski definition) is 2. The van der Waals surface area contributed by atoms with Crippen LogP contribution in [-0.4, -0.2) is 13.2 Å². The highest BCUT2D eigenvalue weighted by atomic mass is 79.9. The van der Waals surface area contributed by atoms with Gasteiger partial charge in [0.1, 0.15) is 13.2 Å². The summed E-state index contributed by atoms with van der Waals surface area (Å²) in [6.45, 7) is 1.10. The van der Waals surface area contributed by atoms with Gasteiger partial charge in [-0.3, -0.25) is 0 Å². The minimum atomic E-state index is -0.379. The van der Waals surface area contributed by atoms with Crippen molar-refractivity contribution in [2.45, 2.75) is 5.38 Å². The second-order valence-electron chi connectivity index (χ2n) is 4.55. The van der Waals surface area contributed by atoms with Gasteiger partial charge in [0, 0.05) is 14.0 Å². The summed E-state index contributed by atoms with van der Waals surface area (Å²) >= 11 is 19.8. The highest BCUT2D eigenvalue weighted by Crippen LogP contribution is 2.43. The Labute approximate surface area is 149 Å². The molecule has 21 heavy (non-hydrogen) atoms. The Bertz CT molecular complexity index is 692. The first kappa shape index (κ1) is 15.5. The number of halogens is 4. The van der Waals surface area contributed by atoms with Gasteiger partial charge in [0.05, 0.1) is 5.38 Å². The average molecular weight is 453 g/mol. The molecule has 1 aliphatic rings. The molecule has 2 nitrogen and oxygen atoms in total. The van der Waals surface area contributed by atoms with Crippen LogP contribution in [-0.2, 0) is 0 Å². The Hall–Kier alpha value is -0.420. The molecule has 1 heterocycles. The van der Waals surface area contributed by atoms with E-state index in [4.69, 9.17) is 32.7 Å². The van der Waals surface area contributed by atoms with Crippen LogP contribution in [0, 0.1) is 0 Å². The SMILES string of the molecule is Clc1cc(Br)ccc1C(Cl)c1cc2c(cc1Br)OCCO2. The Morgan fingerprint density at radius 3 is 2.29 bits per heavy atom. The highest BCUT2D eigenvalue weighted by Gasteiger charge is 2.21. The molecule has 1 aliphatic heterocycles. The van der Waals surface area contributed by atoms with E-state index in [0.717, 1.165) is 25.8 Å². The zero-order chi connectivity index (χ0) is 15.0. The maximum Gasteiger partial charge on any atom is 0.162 e. The third-order valence-electron chi connectivity index (χ3n) is 3.17. The van der Waals surface area contributed by atoms with Crippen LogP contribution in [0.25, 0.3) is 0 Å². The van der Waals surface area contributed by atoms with Crippen molar-refractivity contribution in [1.82, 2.24) is 0 Å². The molecule has 1 unspecified atom stereocenters. The Balaban J connectivity index is 2.03. The lowest BCUT2D eigenvalue weighted by atomic mass is 10.0. The molecule has 0 radical (unpaired) electrons. The third kappa shape index (κ3) is 3.19. The largest absolute Gasteiger partial charge is 0.486 e. The van der Waals surface area contributed by atoms with E-state index in [-0.39, 0.29) is 5.38 Å². The minimum absolute atomic E-state index is 0.379. The zero-order valence-electron chi connectivity index (χ0n) is 10.7. The van der Waals surface area contributed by atoms with E-state index in [1.54, 1.807) is 0 Å². The molecule has 0 fully saturated rings. The molecule has 0 saturated heterocycles. The van der Waals surface area contributed by atoms with Crippen LogP contribution >= 0.6 is 55.1 Å². The number of hydrogen-bond donors (Lipinski definition) is 0. The van der Waals surface area contributed by atoms with Gasteiger partial charge in [-0.1, -0.05) is 49.5 Å². The molecular formula is C15H10Br2Cl2O2. The number of benzene rings is 2. The summed E-state index contributed by atoms with van der Waals surface area (Å²) in [6, 6.07) is 9.44. The number of ether oxygens (including phenoxy) is 2. The van der Waals surface area contributed by atoms with Gasteiger partial charge < -0.3 is 9.47 Å². The Morgan fingerprint density at radius 1 is 0.952 bits per heavy atom. The number of alkyl halides is 1. The molecule has 0 bridgehead atoms. The molecule has 3 rings (SSSR count). The van der Waals surface area contributed by atoms with Gasteiger partial charge in [-0.25, -0.2) is 0 Å². The van der Waals surface area contributed by atoms with Crippen molar-refractivity contribution >= 4 is 55.1 Å². The topological polar surface area (TPSA) is 18.5 Å². The van der Waals surface area contributed by atoms with Crippen LogP contribution in [0.15, 0.2) is 39.3 Å². The maximum atomic E-state index is 6.61. The van der Waals surface area contributed by atoms with E-state index in [1.165, 1.54) is 0 Å². The van der Waals surface area contributed by atoms with Crippen LogP contribution in [0.4, 0.5) is 0 Å². The fourth-order valence-electron chi connectivity index (χ4n) is 2.15. The molecule has 0 aromatic heterocycles. The molecule has 1 atom stereocenters. The molecule has 0 saturated carbocycles. The van der Waals surface area contributed by atoms with Crippen molar-refractivity contribution in [2.24, 2.45) is 0 Å². The van der Waals surface area contributed by atoms with Crippen molar-refractivity contribution in [3.8, 4) is 11.5 Å². The summed E-state index contributed by atoms with van der Waals surface area (Å²) in [5.41, 5.74) is 1.74. The second kappa shape index (κ2) is 6.37. The van der Waals surface area contributed by atoms with E-state index in [2.05, 4.69) is 31.9 Å². The summed E-state index contributed by atoms with van der Waals surface area (Å²) in [4.78, 5) is 0. The van der Waals surface area contributed by atoms with E-state index in [1.807, 2.05) is 30.3 Å². The Kier molecular flexibility index (Phi) is 4.69. The summed E-state index contributed by atoms with van der Waals surface area (Å²) in [6.07, 6.45) is 0. The smallest absolute Gasteiger partial charge is 0.162 e. The van der Waals surface area contributed by atoms with Crippen LogP contribution < -0.4 is 9.47 Å². The van der Waals surface area contributed by atoms with Crippen LogP contribution in [0.2, 0.25) is 5.02 Å². The first-order chi connectivity index (χ1) is 10.1. The van der Waals surface area contributed by atoms with Crippen LogP contribution in [0.1, 0.15) is 16.5 Å². The van der Waals surface area contributed by atoms with Crippen molar-refractivity contribution in [3.05, 3.63) is 55.4 Å². The lowest BCUT2D eigenvalue weighted by Gasteiger charge is -2.21. The van der Waals surface area contributed by atoms with Gasteiger partial charge in [-0.05, 0) is 35.4 Å². The molecule has 6 heteroatoms. The van der Waals surface area contributed by atoms with Gasteiger partial charge in [0.15, 0.2) is 11.5 Å². The Morgan fingerprint density at radius 2 is 1.62 bits per heavy atom. The van der Waals surface area contributed by atoms with E-state index >= 15 is 0 Å². The fraction of sp³-hybridized carbons (Fsp3) is 0.200. The number of fused-ring (bicyclic) bond motifs is 1. The van der Waals surface area contributed by atoms with Crippen LogP contribution in [0.3, 0.4) is 0 Å². The van der Waals surface area contributed by atoms with Gasteiger partial charge in [0.2, 0.25) is 0 Å². The van der Waals surface area contributed by atoms with E-state index in [0.29, 0.717) is 24.0 Å². The van der Waals surface area contributed by atoms with E-state index in [9.17, 15) is 0 Å². The predicted molar refractivity (Wildman–Crippen MR) is 92.0 cm³/mol. The first-order valence-electron chi connectivity index (χ1n) is 6.24. The van der Waals surface area contributed by atoms with Crippen LogP contribution in [0.5, 0.6) is 11.5 Å². The monoisotopic (exact) mass is 450 g/mol. The summed E-state index contributed by atoms with van der Waals surface area (Å²) in [7, 11) is 0. The van der Waals surface area contributed by atoms with Crippen molar-refractivity contribution in [1.29, 1.82) is 0 Å². The lowest BCUT2D eigenvalue weighted by Crippen LogP contribution is -2.15.